The van der Waals surface area contributed by atoms with Crippen LogP contribution in [0.1, 0.15) is 59.3 Å². The Kier molecular flexibility index (Phi) is 8.06. The summed E-state index contributed by atoms with van der Waals surface area (Å²) < 4.78 is 15.9. The topological polar surface area (TPSA) is 105 Å². The molecule has 1 aliphatic carbocycles. The zero-order valence-corrected chi connectivity index (χ0v) is 21.0. The van der Waals surface area contributed by atoms with Crippen LogP contribution >= 0.6 is 0 Å². The second-order valence-corrected chi connectivity index (χ2v) is 9.23. The Morgan fingerprint density at radius 3 is 2.53 bits per heavy atom. The summed E-state index contributed by atoms with van der Waals surface area (Å²) in [4.78, 5) is 33.1. The quantitative estimate of drug-likeness (QED) is 0.491. The molecule has 2 aliphatic rings. The maximum absolute atomic E-state index is 12.5. The summed E-state index contributed by atoms with van der Waals surface area (Å²) in [7, 11) is 2.95. The van der Waals surface area contributed by atoms with E-state index in [4.69, 9.17) is 19.2 Å². The lowest BCUT2D eigenvalue weighted by Gasteiger charge is -2.40. The van der Waals surface area contributed by atoms with Gasteiger partial charge in [-0.25, -0.2) is 9.78 Å². The summed E-state index contributed by atoms with van der Waals surface area (Å²) in [5.74, 6) is 1.30. The molecule has 0 radical (unpaired) electrons. The number of nitriles is 1. The van der Waals surface area contributed by atoms with Crippen LogP contribution in [0.15, 0.2) is 30.3 Å². The smallest absolute Gasteiger partial charge is 0.337 e. The van der Waals surface area contributed by atoms with Crippen LogP contribution in [0.5, 0.6) is 5.75 Å². The van der Waals surface area contributed by atoms with E-state index in [9.17, 15) is 14.9 Å². The Morgan fingerprint density at radius 1 is 1.17 bits per heavy atom. The van der Waals surface area contributed by atoms with E-state index in [1.165, 1.54) is 7.11 Å². The number of amides is 1. The zero-order chi connectivity index (χ0) is 25.7. The van der Waals surface area contributed by atoms with E-state index < -0.39 is 0 Å². The summed E-state index contributed by atoms with van der Waals surface area (Å²) >= 11 is 0. The van der Waals surface area contributed by atoms with Gasteiger partial charge in [-0.15, -0.1) is 0 Å². The Bertz CT molecular complexity index is 1140. The lowest BCUT2D eigenvalue weighted by Crippen LogP contribution is -2.54. The first-order chi connectivity index (χ1) is 17.4. The van der Waals surface area contributed by atoms with Gasteiger partial charge < -0.3 is 24.0 Å². The minimum absolute atomic E-state index is 0.00436. The highest BCUT2D eigenvalue weighted by molar-refractivity contribution is 5.89. The van der Waals surface area contributed by atoms with Crippen molar-refractivity contribution in [3.05, 3.63) is 52.7 Å². The monoisotopic (exact) mass is 492 g/mol. The van der Waals surface area contributed by atoms with Crippen LogP contribution in [0, 0.1) is 11.3 Å². The van der Waals surface area contributed by atoms with Crippen LogP contribution in [0.3, 0.4) is 0 Å². The van der Waals surface area contributed by atoms with Gasteiger partial charge in [-0.05, 0) is 37.5 Å². The summed E-state index contributed by atoms with van der Waals surface area (Å²) in [5, 5.41) is 9.92. The van der Waals surface area contributed by atoms with Crippen molar-refractivity contribution in [2.45, 2.75) is 44.8 Å². The first-order valence-corrected chi connectivity index (χ1v) is 12.2. The van der Waals surface area contributed by atoms with Gasteiger partial charge in [0.05, 0.1) is 37.0 Å². The van der Waals surface area contributed by atoms with Crippen molar-refractivity contribution in [2.24, 2.45) is 0 Å². The number of aromatic nitrogens is 1. The molecular weight excluding hydrogens is 460 g/mol. The standard InChI is InChI=1S/C27H32N4O5/c1-18-16-30(11-12-31(18)24(32)10-13-34-2)26-22(15-28)14-23(25(29-26)20-8-9-20)36-17-19-4-6-21(7-5-19)27(33)35-3/h4-7,14,18,20H,8-13,16-17H2,1-3H3/t18-/m1/s1. The van der Waals surface area contributed by atoms with Crippen molar-refractivity contribution in [1.29, 1.82) is 5.26 Å². The number of methoxy groups -OCH3 is 2. The molecule has 1 aromatic heterocycles. The normalized spacial score (nSPS) is 17.4. The van der Waals surface area contributed by atoms with Crippen LogP contribution in [-0.4, -0.2) is 68.3 Å². The van der Waals surface area contributed by atoms with E-state index in [-0.39, 0.29) is 17.9 Å². The van der Waals surface area contributed by atoms with E-state index in [2.05, 4.69) is 11.0 Å². The van der Waals surface area contributed by atoms with Crippen LogP contribution in [0.4, 0.5) is 5.82 Å². The first kappa shape index (κ1) is 25.5. The number of esters is 1. The Labute approximate surface area is 211 Å². The molecule has 2 aromatic rings. The van der Waals surface area contributed by atoms with E-state index in [1.807, 2.05) is 24.0 Å². The number of rotatable bonds is 9. The van der Waals surface area contributed by atoms with Gasteiger partial charge in [0.2, 0.25) is 5.91 Å². The first-order valence-electron chi connectivity index (χ1n) is 12.2. The van der Waals surface area contributed by atoms with Gasteiger partial charge in [0.1, 0.15) is 24.2 Å². The third-order valence-corrected chi connectivity index (χ3v) is 6.62. The highest BCUT2D eigenvalue weighted by atomic mass is 16.5. The van der Waals surface area contributed by atoms with E-state index >= 15 is 0 Å². The van der Waals surface area contributed by atoms with Gasteiger partial charge >= 0.3 is 5.97 Å². The number of nitrogens with zero attached hydrogens (tertiary/aromatic N) is 4. The number of anilines is 1. The largest absolute Gasteiger partial charge is 0.487 e. The van der Waals surface area contributed by atoms with Crippen molar-refractivity contribution in [1.82, 2.24) is 9.88 Å². The minimum atomic E-state index is -0.383. The highest BCUT2D eigenvalue weighted by Gasteiger charge is 2.33. The number of carbonyl (C=O) groups is 2. The van der Waals surface area contributed by atoms with Crippen molar-refractivity contribution >= 4 is 17.7 Å². The van der Waals surface area contributed by atoms with Gasteiger partial charge in [-0.3, -0.25) is 4.79 Å². The van der Waals surface area contributed by atoms with Gasteiger partial charge in [0.15, 0.2) is 0 Å². The number of pyridine rings is 1. The molecule has 4 rings (SSSR count). The van der Waals surface area contributed by atoms with Crippen LogP contribution in [-0.2, 0) is 20.9 Å². The minimum Gasteiger partial charge on any atom is -0.487 e. The predicted molar refractivity (Wildman–Crippen MR) is 133 cm³/mol. The molecule has 1 aromatic carbocycles. The fourth-order valence-corrected chi connectivity index (χ4v) is 4.46. The molecule has 1 saturated heterocycles. The maximum Gasteiger partial charge on any atom is 0.337 e. The van der Waals surface area contributed by atoms with Gasteiger partial charge in [0.25, 0.3) is 0 Å². The third-order valence-electron chi connectivity index (χ3n) is 6.62. The number of benzene rings is 1. The van der Waals surface area contributed by atoms with Crippen molar-refractivity contribution in [2.75, 3.05) is 45.4 Å². The average molecular weight is 493 g/mol. The highest BCUT2D eigenvalue weighted by Crippen LogP contribution is 2.45. The Balaban J connectivity index is 1.50. The van der Waals surface area contributed by atoms with Crippen molar-refractivity contribution in [3.8, 4) is 11.8 Å². The summed E-state index contributed by atoms with van der Waals surface area (Å²) in [5.41, 5.74) is 2.71. The number of hydrogen-bond donors (Lipinski definition) is 0. The van der Waals surface area contributed by atoms with Crippen molar-refractivity contribution < 1.29 is 23.8 Å². The summed E-state index contributed by atoms with van der Waals surface area (Å²) in [6, 6.07) is 11.1. The zero-order valence-electron chi connectivity index (χ0n) is 21.0. The lowest BCUT2D eigenvalue weighted by atomic mass is 10.1. The van der Waals surface area contributed by atoms with E-state index in [0.717, 1.165) is 24.1 Å². The summed E-state index contributed by atoms with van der Waals surface area (Å²) in [6.07, 6.45) is 2.45. The molecule has 0 bridgehead atoms. The fraction of sp³-hybridized carbons (Fsp3) is 0.481. The number of piperazine rings is 1. The third kappa shape index (κ3) is 5.77. The molecule has 9 nitrogen and oxygen atoms in total. The molecule has 2 heterocycles. The number of hydrogen-bond acceptors (Lipinski definition) is 8. The predicted octanol–water partition coefficient (Wildman–Crippen LogP) is 3.27. The lowest BCUT2D eigenvalue weighted by molar-refractivity contribution is -0.134. The van der Waals surface area contributed by atoms with Crippen LogP contribution in [0.2, 0.25) is 0 Å². The average Bonchev–Trinajstić information content (AvgIpc) is 3.75. The SMILES string of the molecule is COCCC(=O)N1CCN(c2nc(C3CC3)c(OCc3ccc(C(=O)OC)cc3)cc2C#N)C[C@H]1C. The maximum atomic E-state index is 12.5. The summed E-state index contributed by atoms with van der Waals surface area (Å²) in [6.45, 7) is 4.53. The molecule has 9 heteroatoms. The van der Waals surface area contributed by atoms with Gasteiger partial charge in [-0.1, -0.05) is 12.1 Å². The molecule has 0 unspecified atom stereocenters. The van der Waals surface area contributed by atoms with Crippen LogP contribution < -0.4 is 9.64 Å². The van der Waals surface area contributed by atoms with Gasteiger partial charge in [-0.2, -0.15) is 5.26 Å². The van der Waals surface area contributed by atoms with Gasteiger partial charge in [0, 0.05) is 44.8 Å². The van der Waals surface area contributed by atoms with Crippen molar-refractivity contribution in [3.63, 3.8) is 0 Å². The molecule has 36 heavy (non-hydrogen) atoms. The molecule has 190 valence electrons. The second kappa shape index (κ2) is 11.4. The van der Waals surface area contributed by atoms with E-state index in [0.29, 0.717) is 67.9 Å². The molecule has 1 atom stereocenters. The number of ether oxygens (including phenoxy) is 3. The molecule has 1 saturated carbocycles. The number of carbonyl (C=O) groups excluding carboxylic acids is 2. The van der Waals surface area contributed by atoms with E-state index in [1.54, 1.807) is 25.3 Å². The Hall–Kier alpha value is -3.64. The molecule has 0 N–H and O–H groups in total. The van der Waals surface area contributed by atoms with Crippen LogP contribution in [0.25, 0.3) is 0 Å². The second-order valence-electron chi connectivity index (χ2n) is 9.23. The Morgan fingerprint density at radius 2 is 1.92 bits per heavy atom. The fourth-order valence-electron chi connectivity index (χ4n) is 4.46. The molecule has 1 aliphatic heterocycles. The molecule has 2 fully saturated rings. The molecular formula is C27H32N4O5. The molecule has 0 spiro atoms. The molecule has 1 amide bonds.